The molecule has 0 amide bonds. The van der Waals surface area contributed by atoms with Gasteiger partial charge in [0.25, 0.3) is 0 Å². The number of hydrogen-bond donors (Lipinski definition) is 0. The molecule has 1 aliphatic carbocycles. The summed E-state index contributed by atoms with van der Waals surface area (Å²) in [4.78, 5) is 0. The normalized spacial score (nSPS) is 19.0. The zero-order valence-electron chi connectivity index (χ0n) is 18.0. The molecule has 0 N–H and O–H groups in total. The van der Waals surface area contributed by atoms with Crippen LogP contribution in [0.15, 0.2) is 36.4 Å². The van der Waals surface area contributed by atoms with Gasteiger partial charge < -0.3 is 4.74 Å². The zero-order chi connectivity index (χ0) is 24.2. The van der Waals surface area contributed by atoms with Gasteiger partial charge in [0.05, 0.1) is 0 Å². The number of rotatable bonds is 7. The number of nitriles is 1. The molecule has 33 heavy (non-hydrogen) atoms. The van der Waals surface area contributed by atoms with Gasteiger partial charge in [-0.25, -0.2) is 17.6 Å². The fourth-order valence-electron chi connectivity index (χ4n) is 4.21. The lowest BCUT2D eigenvalue weighted by molar-refractivity contribution is -0.189. The number of alkyl halides is 2. The standard InChI is InChI=1S/C25H23F6NO/c1-2-3-4-5-15-6-8-16(9-7-15)17-10-22(28)24(23(29)11-17)25(30,31)33-18-12-20(26)19(14-32)21(27)13-18/h3-4,10-13,15-16H,2,5-9H2,1H3. The third-order valence-electron chi connectivity index (χ3n) is 5.92. The van der Waals surface area contributed by atoms with Gasteiger partial charge in [0.2, 0.25) is 0 Å². The molecule has 1 fully saturated rings. The van der Waals surface area contributed by atoms with E-state index in [1.165, 1.54) is 6.07 Å². The summed E-state index contributed by atoms with van der Waals surface area (Å²) in [5, 5.41) is 8.65. The molecular weight excluding hydrogens is 444 g/mol. The van der Waals surface area contributed by atoms with Gasteiger partial charge in [0.1, 0.15) is 46.2 Å². The lowest BCUT2D eigenvalue weighted by atomic mass is 9.77. The first-order chi connectivity index (χ1) is 15.7. The molecule has 0 saturated heterocycles. The third-order valence-corrected chi connectivity index (χ3v) is 5.92. The van der Waals surface area contributed by atoms with E-state index in [9.17, 15) is 26.3 Å². The van der Waals surface area contributed by atoms with Crippen LogP contribution in [0.2, 0.25) is 0 Å². The molecule has 0 unspecified atom stereocenters. The smallest absolute Gasteiger partial charge is 0.429 e. The van der Waals surface area contributed by atoms with Gasteiger partial charge in [-0.15, -0.1) is 0 Å². The number of halogens is 6. The maximum atomic E-state index is 14.6. The molecular formula is C25H23F6NO. The molecule has 0 bridgehead atoms. The Kier molecular flexibility index (Phi) is 7.72. The van der Waals surface area contributed by atoms with Gasteiger partial charge in [0, 0.05) is 12.1 Å². The Morgan fingerprint density at radius 1 is 0.939 bits per heavy atom. The Morgan fingerprint density at radius 2 is 1.52 bits per heavy atom. The van der Waals surface area contributed by atoms with E-state index < -0.39 is 46.3 Å². The molecule has 176 valence electrons. The van der Waals surface area contributed by atoms with Gasteiger partial charge >= 0.3 is 6.11 Å². The minimum absolute atomic E-state index is 0.147. The van der Waals surface area contributed by atoms with Gasteiger partial charge in [-0.05, 0) is 68.1 Å². The van der Waals surface area contributed by atoms with Crippen LogP contribution in [0.25, 0.3) is 0 Å². The molecule has 0 aromatic heterocycles. The Bertz CT molecular complexity index is 1020. The molecule has 0 radical (unpaired) electrons. The van der Waals surface area contributed by atoms with Crippen molar-refractivity contribution >= 4 is 0 Å². The molecule has 2 nitrogen and oxygen atoms in total. The number of allylic oxidation sites excluding steroid dienone is 2. The van der Waals surface area contributed by atoms with Crippen LogP contribution in [-0.4, -0.2) is 0 Å². The number of nitrogens with zero attached hydrogens (tertiary/aromatic N) is 1. The van der Waals surface area contributed by atoms with E-state index in [1.807, 2.05) is 0 Å². The lowest BCUT2D eigenvalue weighted by Crippen LogP contribution is -2.26. The van der Waals surface area contributed by atoms with Crippen molar-refractivity contribution in [3.63, 3.8) is 0 Å². The summed E-state index contributed by atoms with van der Waals surface area (Å²) in [7, 11) is 0. The molecule has 2 aromatic carbocycles. The Morgan fingerprint density at radius 3 is 2.03 bits per heavy atom. The first-order valence-corrected chi connectivity index (χ1v) is 10.8. The van der Waals surface area contributed by atoms with Crippen LogP contribution < -0.4 is 4.74 Å². The van der Waals surface area contributed by atoms with Crippen molar-refractivity contribution in [2.45, 2.75) is 57.5 Å². The fraction of sp³-hybridized carbons (Fsp3) is 0.400. The van der Waals surface area contributed by atoms with Crippen LogP contribution in [0.4, 0.5) is 26.3 Å². The van der Waals surface area contributed by atoms with Crippen molar-refractivity contribution in [1.82, 2.24) is 0 Å². The van der Waals surface area contributed by atoms with E-state index in [-0.39, 0.29) is 5.92 Å². The van der Waals surface area contributed by atoms with Gasteiger partial charge in [-0.3, -0.25) is 0 Å². The first-order valence-electron chi connectivity index (χ1n) is 10.8. The summed E-state index contributed by atoms with van der Waals surface area (Å²) in [6.45, 7) is 2.05. The third kappa shape index (κ3) is 5.70. The number of benzene rings is 2. The average molecular weight is 467 g/mol. The monoisotopic (exact) mass is 467 g/mol. The van der Waals surface area contributed by atoms with Crippen molar-refractivity contribution in [2.24, 2.45) is 5.92 Å². The fourth-order valence-corrected chi connectivity index (χ4v) is 4.21. The highest BCUT2D eigenvalue weighted by atomic mass is 19.3. The van der Waals surface area contributed by atoms with E-state index in [4.69, 9.17) is 5.26 Å². The van der Waals surface area contributed by atoms with Crippen LogP contribution in [0.5, 0.6) is 5.75 Å². The summed E-state index contributed by atoms with van der Waals surface area (Å²) in [6, 6.07) is 3.70. The maximum Gasteiger partial charge on any atom is 0.432 e. The van der Waals surface area contributed by atoms with Gasteiger partial charge in [-0.1, -0.05) is 19.1 Å². The second-order valence-corrected chi connectivity index (χ2v) is 8.19. The summed E-state index contributed by atoms with van der Waals surface area (Å²) in [6.07, 6.45) is 4.73. The van der Waals surface area contributed by atoms with Crippen molar-refractivity contribution in [2.75, 3.05) is 0 Å². The highest BCUT2D eigenvalue weighted by molar-refractivity contribution is 5.39. The summed E-state index contributed by atoms with van der Waals surface area (Å²) in [5.41, 5.74) is -2.33. The predicted octanol–water partition coefficient (Wildman–Crippen LogP) is 7.87. The zero-order valence-corrected chi connectivity index (χ0v) is 18.0. The second-order valence-electron chi connectivity index (χ2n) is 8.19. The minimum Gasteiger partial charge on any atom is -0.429 e. The van der Waals surface area contributed by atoms with Crippen molar-refractivity contribution in [3.8, 4) is 11.8 Å². The van der Waals surface area contributed by atoms with Crippen LogP contribution in [0.1, 0.15) is 68.1 Å². The molecule has 0 spiro atoms. The minimum atomic E-state index is -4.54. The largest absolute Gasteiger partial charge is 0.432 e. The van der Waals surface area contributed by atoms with Crippen LogP contribution in [-0.2, 0) is 6.11 Å². The number of hydrogen-bond acceptors (Lipinski definition) is 2. The molecule has 0 aliphatic heterocycles. The van der Waals surface area contributed by atoms with E-state index in [2.05, 4.69) is 23.8 Å². The van der Waals surface area contributed by atoms with E-state index in [0.717, 1.165) is 37.8 Å². The summed E-state index contributed by atoms with van der Waals surface area (Å²) < 4.78 is 90.0. The van der Waals surface area contributed by atoms with Gasteiger partial charge in [-0.2, -0.15) is 14.0 Å². The molecule has 2 aromatic rings. The highest BCUT2D eigenvalue weighted by Crippen LogP contribution is 2.41. The van der Waals surface area contributed by atoms with Crippen LogP contribution in [0.3, 0.4) is 0 Å². The summed E-state index contributed by atoms with van der Waals surface area (Å²) in [5.74, 6) is -6.53. The van der Waals surface area contributed by atoms with E-state index in [0.29, 0.717) is 36.5 Å². The highest BCUT2D eigenvalue weighted by Gasteiger charge is 2.42. The van der Waals surface area contributed by atoms with Crippen LogP contribution >= 0.6 is 0 Å². The average Bonchev–Trinajstić information content (AvgIpc) is 2.73. The lowest BCUT2D eigenvalue weighted by Gasteiger charge is -2.29. The molecule has 0 atom stereocenters. The topological polar surface area (TPSA) is 33.0 Å². The SMILES string of the molecule is CCC=CCC1CCC(c2cc(F)c(C(F)(F)Oc3cc(F)c(C#N)c(F)c3)c(F)c2)CC1. The molecule has 8 heteroatoms. The van der Waals surface area contributed by atoms with E-state index >= 15 is 0 Å². The van der Waals surface area contributed by atoms with Crippen molar-refractivity contribution in [3.05, 3.63) is 76.4 Å². The molecule has 1 saturated carbocycles. The predicted molar refractivity (Wildman–Crippen MR) is 111 cm³/mol. The summed E-state index contributed by atoms with van der Waals surface area (Å²) >= 11 is 0. The maximum absolute atomic E-state index is 14.6. The Hall–Kier alpha value is -2.95. The van der Waals surface area contributed by atoms with Crippen molar-refractivity contribution in [1.29, 1.82) is 5.26 Å². The van der Waals surface area contributed by atoms with E-state index in [1.54, 1.807) is 0 Å². The molecule has 0 heterocycles. The number of ether oxygens (including phenoxy) is 1. The molecule has 1 aliphatic rings. The first kappa shape index (κ1) is 24.7. The molecule has 3 rings (SSSR count). The Labute approximate surface area is 188 Å². The van der Waals surface area contributed by atoms with Gasteiger partial charge in [0.15, 0.2) is 0 Å². The second kappa shape index (κ2) is 10.3. The quantitative estimate of drug-likeness (QED) is 0.307. The van der Waals surface area contributed by atoms with Crippen molar-refractivity contribution < 1.29 is 31.1 Å². The van der Waals surface area contributed by atoms with Crippen LogP contribution in [0, 0.1) is 40.5 Å². The Balaban J connectivity index is 1.77.